The van der Waals surface area contributed by atoms with Crippen LogP contribution in [0.1, 0.15) is 23.2 Å². The third kappa shape index (κ3) is 3.31. The van der Waals surface area contributed by atoms with E-state index in [1.165, 1.54) is 12.6 Å². The zero-order valence-corrected chi connectivity index (χ0v) is 11.8. The van der Waals surface area contributed by atoms with Gasteiger partial charge >= 0.3 is 0 Å². The normalized spacial score (nSPS) is 18.4. The van der Waals surface area contributed by atoms with E-state index in [0.717, 1.165) is 25.1 Å². The molecule has 1 aliphatic heterocycles. The molecule has 2 aromatic rings. The summed E-state index contributed by atoms with van der Waals surface area (Å²) in [4.78, 5) is 12.3. The van der Waals surface area contributed by atoms with Gasteiger partial charge in [0.05, 0.1) is 6.20 Å². The van der Waals surface area contributed by atoms with Crippen LogP contribution in [0.3, 0.4) is 0 Å². The van der Waals surface area contributed by atoms with Gasteiger partial charge in [0.25, 0.3) is 5.91 Å². The number of carbonyl (C=O) groups excluding carboxylic acids is 1. The second kappa shape index (κ2) is 6.54. The molecule has 110 valence electrons. The predicted octanol–water partition coefficient (Wildman–Crippen LogP) is 2.07. The Balaban J connectivity index is 1.66. The summed E-state index contributed by atoms with van der Waals surface area (Å²) in [5, 5.41) is 10.1. The molecule has 1 atom stereocenters. The van der Waals surface area contributed by atoms with Crippen LogP contribution in [-0.2, 0) is 0 Å². The zero-order chi connectivity index (χ0) is 14.5. The highest BCUT2D eigenvalue weighted by Crippen LogP contribution is 2.23. The van der Waals surface area contributed by atoms with Crippen molar-refractivity contribution in [3.05, 3.63) is 42.1 Å². The highest BCUT2D eigenvalue weighted by molar-refractivity contribution is 5.99. The first kappa shape index (κ1) is 13.8. The maximum absolute atomic E-state index is 12.3. The number of hydrogen-bond donors (Lipinski definition) is 2. The minimum absolute atomic E-state index is 0.124. The molecule has 5 heteroatoms. The number of hydrogen-bond acceptors (Lipinski definition) is 4. The summed E-state index contributed by atoms with van der Waals surface area (Å²) in [5.74, 6) is 0.901. The van der Waals surface area contributed by atoms with Crippen molar-refractivity contribution in [3.8, 4) is 11.3 Å². The molecular weight excluding hydrogens is 266 g/mol. The fraction of sp³-hybridized carbons (Fsp3) is 0.375. The number of amides is 1. The molecule has 1 aromatic carbocycles. The Morgan fingerprint density at radius 1 is 1.38 bits per heavy atom. The number of rotatable bonds is 4. The van der Waals surface area contributed by atoms with E-state index in [0.29, 0.717) is 23.8 Å². The molecule has 3 rings (SSSR count). The first-order chi connectivity index (χ1) is 10.3. The molecule has 1 aliphatic rings. The lowest BCUT2D eigenvalue weighted by atomic mass is 9.99. The first-order valence-corrected chi connectivity index (χ1v) is 7.33. The molecule has 1 amide bonds. The second-order valence-electron chi connectivity index (χ2n) is 5.36. The fourth-order valence-electron chi connectivity index (χ4n) is 2.63. The molecular formula is C16H19N3O2. The van der Waals surface area contributed by atoms with Crippen molar-refractivity contribution in [2.75, 3.05) is 19.6 Å². The van der Waals surface area contributed by atoms with Gasteiger partial charge in [-0.3, -0.25) is 4.79 Å². The Labute approximate surface area is 123 Å². The summed E-state index contributed by atoms with van der Waals surface area (Å²) in [7, 11) is 0. The van der Waals surface area contributed by atoms with Gasteiger partial charge in [-0.05, 0) is 31.8 Å². The molecule has 1 unspecified atom stereocenters. The van der Waals surface area contributed by atoms with Gasteiger partial charge in [-0.2, -0.15) is 0 Å². The number of nitrogens with zero attached hydrogens (tertiary/aromatic N) is 1. The molecule has 2 N–H and O–H groups in total. The van der Waals surface area contributed by atoms with Crippen molar-refractivity contribution in [2.24, 2.45) is 5.92 Å². The molecule has 2 heterocycles. The molecule has 0 radical (unpaired) electrons. The highest BCUT2D eigenvalue weighted by Gasteiger charge is 2.19. The van der Waals surface area contributed by atoms with Crippen LogP contribution in [0.4, 0.5) is 0 Å². The van der Waals surface area contributed by atoms with Crippen molar-refractivity contribution in [1.82, 2.24) is 15.8 Å². The maximum Gasteiger partial charge on any atom is 0.256 e. The van der Waals surface area contributed by atoms with E-state index in [1.807, 2.05) is 30.3 Å². The van der Waals surface area contributed by atoms with E-state index < -0.39 is 0 Å². The van der Waals surface area contributed by atoms with E-state index in [9.17, 15) is 4.79 Å². The molecule has 1 aromatic heterocycles. The van der Waals surface area contributed by atoms with E-state index in [-0.39, 0.29) is 5.91 Å². The lowest BCUT2D eigenvalue weighted by Crippen LogP contribution is -2.38. The summed E-state index contributed by atoms with van der Waals surface area (Å²) >= 11 is 0. The van der Waals surface area contributed by atoms with Crippen molar-refractivity contribution in [3.63, 3.8) is 0 Å². The minimum atomic E-state index is -0.124. The Hall–Kier alpha value is -2.14. The largest absolute Gasteiger partial charge is 0.355 e. The van der Waals surface area contributed by atoms with Crippen molar-refractivity contribution < 1.29 is 9.32 Å². The summed E-state index contributed by atoms with van der Waals surface area (Å²) in [5.41, 5.74) is 1.35. The molecule has 1 saturated heterocycles. The summed E-state index contributed by atoms with van der Waals surface area (Å²) in [6, 6.07) is 9.56. The topological polar surface area (TPSA) is 67.2 Å². The van der Waals surface area contributed by atoms with E-state index in [1.54, 1.807) is 0 Å². The van der Waals surface area contributed by atoms with E-state index in [4.69, 9.17) is 4.52 Å². The zero-order valence-electron chi connectivity index (χ0n) is 11.8. The highest BCUT2D eigenvalue weighted by atomic mass is 16.5. The average Bonchev–Trinajstić information content (AvgIpc) is 3.04. The van der Waals surface area contributed by atoms with Crippen LogP contribution in [-0.4, -0.2) is 30.7 Å². The van der Waals surface area contributed by atoms with Crippen LogP contribution in [0, 0.1) is 5.92 Å². The third-order valence-corrected chi connectivity index (χ3v) is 3.80. The van der Waals surface area contributed by atoms with Gasteiger partial charge in [0, 0.05) is 12.1 Å². The molecule has 0 saturated carbocycles. The molecule has 0 spiro atoms. The standard InChI is InChI=1S/C16H19N3O2/c20-16(18-10-12-5-4-8-17-9-12)14-11-19-21-15(14)13-6-2-1-3-7-13/h1-3,6-7,11-12,17H,4-5,8-10H2,(H,18,20). The number of carbonyl (C=O) groups is 1. The summed E-state index contributed by atoms with van der Waals surface area (Å²) in [6.45, 7) is 2.73. The Kier molecular flexibility index (Phi) is 4.31. The van der Waals surface area contributed by atoms with E-state index in [2.05, 4.69) is 15.8 Å². The van der Waals surface area contributed by atoms with Crippen LogP contribution in [0.2, 0.25) is 0 Å². The van der Waals surface area contributed by atoms with Gasteiger partial charge in [-0.15, -0.1) is 0 Å². The van der Waals surface area contributed by atoms with Crippen LogP contribution in [0.15, 0.2) is 41.1 Å². The average molecular weight is 285 g/mol. The smallest absolute Gasteiger partial charge is 0.256 e. The van der Waals surface area contributed by atoms with Gasteiger partial charge < -0.3 is 15.2 Å². The lowest BCUT2D eigenvalue weighted by Gasteiger charge is -2.22. The number of aromatic nitrogens is 1. The number of piperidine rings is 1. The van der Waals surface area contributed by atoms with Gasteiger partial charge in [0.2, 0.25) is 0 Å². The van der Waals surface area contributed by atoms with Gasteiger partial charge in [0.15, 0.2) is 5.76 Å². The third-order valence-electron chi connectivity index (χ3n) is 3.80. The molecule has 21 heavy (non-hydrogen) atoms. The van der Waals surface area contributed by atoms with Crippen molar-refractivity contribution >= 4 is 5.91 Å². The second-order valence-corrected chi connectivity index (χ2v) is 5.36. The van der Waals surface area contributed by atoms with Gasteiger partial charge in [0.1, 0.15) is 5.56 Å². The Morgan fingerprint density at radius 2 is 2.24 bits per heavy atom. The SMILES string of the molecule is O=C(NCC1CCCNC1)c1cnoc1-c1ccccc1. The van der Waals surface area contributed by atoms with Crippen LogP contribution >= 0.6 is 0 Å². The molecule has 0 bridgehead atoms. The van der Waals surface area contributed by atoms with Crippen molar-refractivity contribution in [2.45, 2.75) is 12.8 Å². The first-order valence-electron chi connectivity index (χ1n) is 7.33. The number of nitrogens with one attached hydrogen (secondary N) is 2. The Morgan fingerprint density at radius 3 is 3.00 bits per heavy atom. The van der Waals surface area contributed by atoms with Crippen LogP contribution in [0.25, 0.3) is 11.3 Å². The monoisotopic (exact) mass is 285 g/mol. The van der Waals surface area contributed by atoms with Gasteiger partial charge in [-0.1, -0.05) is 35.5 Å². The minimum Gasteiger partial charge on any atom is -0.355 e. The lowest BCUT2D eigenvalue weighted by molar-refractivity contribution is 0.0945. The van der Waals surface area contributed by atoms with Crippen molar-refractivity contribution in [1.29, 1.82) is 0 Å². The quantitative estimate of drug-likeness (QED) is 0.902. The predicted molar refractivity (Wildman–Crippen MR) is 79.9 cm³/mol. The van der Waals surface area contributed by atoms with Crippen LogP contribution in [0.5, 0.6) is 0 Å². The Bertz CT molecular complexity index is 589. The maximum atomic E-state index is 12.3. The fourth-order valence-corrected chi connectivity index (χ4v) is 2.63. The summed E-state index contributed by atoms with van der Waals surface area (Å²) in [6.07, 6.45) is 3.81. The number of benzene rings is 1. The van der Waals surface area contributed by atoms with Crippen LogP contribution < -0.4 is 10.6 Å². The summed E-state index contributed by atoms with van der Waals surface area (Å²) < 4.78 is 5.24. The molecule has 5 nitrogen and oxygen atoms in total. The molecule has 0 aliphatic carbocycles. The van der Waals surface area contributed by atoms with Gasteiger partial charge in [-0.25, -0.2) is 0 Å². The van der Waals surface area contributed by atoms with E-state index >= 15 is 0 Å². The molecule has 1 fully saturated rings.